The van der Waals surface area contributed by atoms with Crippen molar-refractivity contribution >= 4 is 34.5 Å². The van der Waals surface area contributed by atoms with E-state index in [9.17, 15) is 0 Å². The molecule has 0 unspecified atom stereocenters. The highest BCUT2D eigenvalue weighted by molar-refractivity contribution is 8.00. The maximum Gasteiger partial charge on any atom is 0.0864 e. The highest BCUT2D eigenvalue weighted by Gasteiger charge is 2.34. The Morgan fingerprint density at radius 2 is 2.20 bits per heavy atom. The van der Waals surface area contributed by atoms with E-state index in [1.54, 1.807) is 0 Å². The van der Waals surface area contributed by atoms with Gasteiger partial charge in [-0.05, 0) is 23.3 Å². The highest BCUT2D eigenvalue weighted by atomic mass is 32.2. The molecule has 4 heteroatoms. The molecule has 2 aliphatic heterocycles. The minimum absolute atomic E-state index is 0.600. The van der Waals surface area contributed by atoms with Gasteiger partial charge in [0.05, 0.1) is 10.4 Å². The van der Waals surface area contributed by atoms with Gasteiger partial charge < -0.3 is 4.90 Å². The Balaban J connectivity index is 1.91. The number of pyridine rings is 1. The van der Waals surface area contributed by atoms with E-state index in [1.165, 1.54) is 11.1 Å². The minimum Gasteiger partial charge on any atom is -0.329 e. The van der Waals surface area contributed by atoms with E-state index in [-0.39, 0.29) is 0 Å². The summed E-state index contributed by atoms with van der Waals surface area (Å²) in [6.07, 6.45) is 6.94. The fraction of sp³-hybridized carbons (Fsp3) is 0.273. The van der Waals surface area contributed by atoms with Crippen LogP contribution in [0, 0.1) is 0 Å². The zero-order chi connectivity index (χ0) is 10.3. The summed E-state index contributed by atoms with van der Waals surface area (Å²) >= 11 is 7.21. The molecule has 1 aromatic rings. The van der Waals surface area contributed by atoms with E-state index in [0.717, 1.165) is 17.2 Å². The van der Waals surface area contributed by atoms with Crippen LogP contribution in [-0.4, -0.2) is 26.0 Å². The molecular weight excluding hydrogens is 224 g/mol. The normalized spacial score (nSPS) is 24.3. The number of hydrogen-bond acceptors (Lipinski definition) is 3. The first kappa shape index (κ1) is 9.36. The predicted octanol–water partition coefficient (Wildman–Crippen LogP) is 2.53. The molecule has 15 heavy (non-hydrogen) atoms. The zero-order valence-electron chi connectivity index (χ0n) is 8.09. The lowest BCUT2D eigenvalue weighted by molar-refractivity contribution is 0.447. The van der Waals surface area contributed by atoms with E-state index in [0.29, 0.717) is 5.37 Å². The lowest BCUT2D eigenvalue weighted by Crippen LogP contribution is -2.47. The summed E-state index contributed by atoms with van der Waals surface area (Å²) in [5.41, 5.74) is 2.60. The van der Waals surface area contributed by atoms with Crippen LogP contribution < -0.4 is 0 Å². The molecule has 1 aromatic heterocycles. The number of rotatable bonds is 1. The number of thioether (sulfide) groups is 1. The van der Waals surface area contributed by atoms with Crippen LogP contribution in [0.3, 0.4) is 0 Å². The van der Waals surface area contributed by atoms with Gasteiger partial charge in [0, 0.05) is 30.8 Å². The Morgan fingerprint density at radius 3 is 2.93 bits per heavy atom. The second-order valence-electron chi connectivity index (χ2n) is 3.66. The summed E-state index contributed by atoms with van der Waals surface area (Å²) in [4.78, 5) is 7.31. The van der Waals surface area contributed by atoms with E-state index in [4.69, 9.17) is 12.2 Å². The van der Waals surface area contributed by atoms with Gasteiger partial charge in [0.25, 0.3) is 0 Å². The molecule has 0 aliphatic carbocycles. The third-order valence-electron chi connectivity index (χ3n) is 2.72. The number of thiocarbonyl (C=S) groups is 1. The van der Waals surface area contributed by atoms with Crippen molar-refractivity contribution in [3.8, 4) is 0 Å². The molecule has 3 heterocycles. The van der Waals surface area contributed by atoms with Crippen molar-refractivity contribution in [2.24, 2.45) is 0 Å². The van der Waals surface area contributed by atoms with Crippen LogP contribution in [-0.2, 0) is 0 Å². The van der Waals surface area contributed by atoms with Crippen molar-refractivity contribution in [1.82, 2.24) is 9.88 Å². The van der Waals surface area contributed by atoms with E-state index >= 15 is 0 Å². The largest absolute Gasteiger partial charge is 0.329 e. The standard InChI is InChI=1S/C11H10N2S2/c14-10-5-11-13(10)6-9(7-15-11)8-1-3-12-4-2-8/h1-4,6,11H,5,7H2/t11-/m1/s1. The first-order valence-electron chi connectivity index (χ1n) is 4.88. The molecule has 2 aliphatic rings. The molecule has 76 valence electrons. The van der Waals surface area contributed by atoms with Crippen LogP contribution in [0.1, 0.15) is 12.0 Å². The molecule has 0 N–H and O–H groups in total. The Labute approximate surface area is 98.4 Å². The first-order valence-corrected chi connectivity index (χ1v) is 6.34. The number of hydrogen-bond donors (Lipinski definition) is 0. The van der Waals surface area contributed by atoms with Gasteiger partial charge in [0.2, 0.25) is 0 Å². The first-order chi connectivity index (χ1) is 7.34. The number of nitrogens with zero attached hydrogens (tertiary/aromatic N) is 2. The SMILES string of the molecule is S=C1C[C@H]2SCC(c3ccncc3)=CN12. The fourth-order valence-corrected chi connectivity index (χ4v) is 3.56. The second kappa shape index (κ2) is 3.61. The van der Waals surface area contributed by atoms with Crippen molar-refractivity contribution in [1.29, 1.82) is 0 Å². The third kappa shape index (κ3) is 1.58. The molecule has 1 fully saturated rings. The summed E-state index contributed by atoms with van der Waals surface area (Å²) in [5.74, 6) is 1.08. The Hall–Kier alpha value is -0.870. The number of fused-ring (bicyclic) bond motifs is 1. The van der Waals surface area contributed by atoms with Gasteiger partial charge in [-0.1, -0.05) is 12.2 Å². The maximum absolute atomic E-state index is 5.24. The Morgan fingerprint density at radius 1 is 1.40 bits per heavy atom. The van der Waals surface area contributed by atoms with E-state index in [1.807, 2.05) is 24.2 Å². The summed E-state index contributed by atoms with van der Waals surface area (Å²) in [7, 11) is 0. The summed E-state index contributed by atoms with van der Waals surface area (Å²) in [6.45, 7) is 0. The van der Waals surface area contributed by atoms with Crippen molar-refractivity contribution in [2.45, 2.75) is 11.8 Å². The average Bonchev–Trinajstić information content (AvgIpc) is 2.29. The molecule has 0 amide bonds. The summed E-state index contributed by atoms with van der Waals surface area (Å²) in [6, 6.07) is 4.10. The Kier molecular flexibility index (Phi) is 2.25. The third-order valence-corrected chi connectivity index (χ3v) is 4.36. The van der Waals surface area contributed by atoms with Crippen molar-refractivity contribution in [2.75, 3.05) is 5.75 Å². The summed E-state index contributed by atoms with van der Waals surface area (Å²) < 4.78 is 0. The van der Waals surface area contributed by atoms with Crippen molar-refractivity contribution in [3.63, 3.8) is 0 Å². The molecule has 3 rings (SSSR count). The van der Waals surface area contributed by atoms with Crippen molar-refractivity contribution < 1.29 is 0 Å². The van der Waals surface area contributed by atoms with E-state index in [2.05, 4.69) is 28.2 Å². The fourth-order valence-electron chi connectivity index (χ4n) is 1.81. The smallest absolute Gasteiger partial charge is 0.0864 e. The van der Waals surface area contributed by atoms with E-state index < -0.39 is 0 Å². The van der Waals surface area contributed by atoms with Crippen LogP contribution in [0.15, 0.2) is 30.7 Å². The van der Waals surface area contributed by atoms with Crippen LogP contribution in [0.25, 0.3) is 5.57 Å². The van der Waals surface area contributed by atoms with Gasteiger partial charge in [0.15, 0.2) is 0 Å². The monoisotopic (exact) mass is 234 g/mol. The molecule has 1 atom stereocenters. The van der Waals surface area contributed by atoms with Gasteiger partial charge in [-0.15, -0.1) is 11.8 Å². The molecule has 0 bridgehead atoms. The number of aromatic nitrogens is 1. The Bertz CT molecular complexity index is 427. The molecule has 0 radical (unpaired) electrons. The molecule has 0 saturated carbocycles. The highest BCUT2D eigenvalue weighted by Crippen LogP contribution is 2.38. The maximum atomic E-state index is 5.24. The molecule has 2 nitrogen and oxygen atoms in total. The van der Waals surface area contributed by atoms with Crippen LogP contribution in [0.5, 0.6) is 0 Å². The predicted molar refractivity (Wildman–Crippen MR) is 67.5 cm³/mol. The van der Waals surface area contributed by atoms with Crippen LogP contribution >= 0.6 is 24.0 Å². The van der Waals surface area contributed by atoms with Gasteiger partial charge >= 0.3 is 0 Å². The van der Waals surface area contributed by atoms with Gasteiger partial charge in [0.1, 0.15) is 0 Å². The topological polar surface area (TPSA) is 16.1 Å². The van der Waals surface area contributed by atoms with Crippen LogP contribution in [0.2, 0.25) is 0 Å². The zero-order valence-corrected chi connectivity index (χ0v) is 9.72. The minimum atomic E-state index is 0.600. The van der Waals surface area contributed by atoms with Gasteiger partial charge in [-0.2, -0.15) is 0 Å². The second-order valence-corrected chi connectivity index (χ2v) is 5.30. The van der Waals surface area contributed by atoms with Gasteiger partial charge in [-0.25, -0.2) is 0 Å². The molecule has 0 aromatic carbocycles. The van der Waals surface area contributed by atoms with Gasteiger partial charge in [-0.3, -0.25) is 4.98 Å². The lowest BCUT2D eigenvalue weighted by atomic mass is 10.1. The molecule has 0 spiro atoms. The van der Waals surface area contributed by atoms with Crippen molar-refractivity contribution in [3.05, 3.63) is 36.3 Å². The summed E-state index contributed by atoms with van der Waals surface area (Å²) in [5, 5.41) is 0.600. The quantitative estimate of drug-likeness (QED) is 0.694. The average molecular weight is 234 g/mol. The lowest BCUT2D eigenvalue weighted by Gasteiger charge is -2.43. The molecule has 1 saturated heterocycles. The molecular formula is C11H10N2S2. The van der Waals surface area contributed by atoms with Crippen LogP contribution in [0.4, 0.5) is 0 Å².